The van der Waals surface area contributed by atoms with E-state index in [0.717, 1.165) is 26.1 Å². The number of aromatic nitrogens is 2. The number of nitrogens with zero attached hydrogens (tertiary/aromatic N) is 2. The molecule has 4 heteroatoms. The van der Waals surface area contributed by atoms with Crippen molar-refractivity contribution in [2.75, 3.05) is 19.7 Å². The van der Waals surface area contributed by atoms with Crippen LogP contribution in [0.3, 0.4) is 0 Å². The maximum atomic E-state index is 6.07. The maximum Gasteiger partial charge on any atom is 0.162 e. The number of morpholine rings is 1. The summed E-state index contributed by atoms with van der Waals surface area (Å²) in [4.78, 5) is 4.14. The van der Waals surface area contributed by atoms with Gasteiger partial charge in [-0.1, -0.05) is 30.3 Å². The van der Waals surface area contributed by atoms with E-state index in [9.17, 15) is 0 Å². The van der Waals surface area contributed by atoms with Crippen molar-refractivity contribution >= 4 is 0 Å². The Bertz CT molecular complexity index is 475. The van der Waals surface area contributed by atoms with Crippen LogP contribution in [0.15, 0.2) is 49.1 Å². The molecule has 1 aromatic carbocycles. The Morgan fingerprint density at radius 1 is 1.33 bits per heavy atom. The monoisotopic (exact) mass is 243 g/mol. The van der Waals surface area contributed by atoms with Crippen LogP contribution in [-0.2, 0) is 16.9 Å². The third kappa shape index (κ3) is 2.17. The molecule has 1 unspecified atom stereocenters. The lowest BCUT2D eigenvalue weighted by Crippen LogP contribution is -2.52. The lowest BCUT2D eigenvalue weighted by molar-refractivity contribution is -0.124. The summed E-state index contributed by atoms with van der Waals surface area (Å²) in [6, 6.07) is 10.4. The fourth-order valence-electron chi connectivity index (χ4n) is 2.43. The molecule has 1 atom stereocenters. The lowest BCUT2D eigenvalue weighted by Gasteiger charge is -2.39. The van der Waals surface area contributed by atoms with Gasteiger partial charge in [-0.25, -0.2) is 4.98 Å². The fourth-order valence-corrected chi connectivity index (χ4v) is 2.43. The summed E-state index contributed by atoms with van der Waals surface area (Å²) in [7, 11) is 0. The van der Waals surface area contributed by atoms with Gasteiger partial charge in [0.05, 0.1) is 12.9 Å². The van der Waals surface area contributed by atoms with Crippen molar-refractivity contribution in [3.05, 3.63) is 54.6 Å². The van der Waals surface area contributed by atoms with Crippen molar-refractivity contribution in [3.8, 4) is 0 Å². The smallest absolute Gasteiger partial charge is 0.162 e. The van der Waals surface area contributed by atoms with E-state index in [1.54, 1.807) is 6.20 Å². The van der Waals surface area contributed by atoms with E-state index in [1.165, 1.54) is 5.56 Å². The minimum absolute atomic E-state index is 0.351. The van der Waals surface area contributed by atoms with Crippen LogP contribution in [0.25, 0.3) is 0 Å². The molecule has 1 N–H and O–H groups in total. The molecule has 1 aliphatic rings. The molecule has 18 heavy (non-hydrogen) atoms. The van der Waals surface area contributed by atoms with Crippen molar-refractivity contribution in [1.82, 2.24) is 14.9 Å². The molecule has 0 saturated carbocycles. The topological polar surface area (TPSA) is 39.1 Å². The lowest BCUT2D eigenvalue weighted by atomic mass is 10.0. The van der Waals surface area contributed by atoms with Gasteiger partial charge in [-0.2, -0.15) is 0 Å². The summed E-state index contributed by atoms with van der Waals surface area (Å²) >= 11 is 0. The second-order valence-electron chi connectivity index (χ2n) is 4.60. The standard InChI is InChI=1S/C14H17N3O/c1-2-4-13(5-3-1)10-14(11-15-7-9-18-14)17-8-6-16-12-17/h1-6,8,12,15H,7,9-11H2. The third-order valence-corrected chi connectivity index (χ3v) is 3.35. The van der Waals surface area contributed by atoms with Gasteiger partial charge >= 0.3 is 0 Å². The summed E-state index contributed by atoms with van der Waals surface area (Å²) in [5.41, 5.74) is 0.922. The fraction of sp³-hybridized carbons (Fsp3) is 0.357. The Morgan fingerprint density at radius 3 is 2.89 bits per heavy atom. The molecule has 0 bridgehead atoms. The van der Waals surface area contributed by atoms with E-state index in [1.807, 2.05) is 18.6 Å². The number of ether oxygens (including phenoxy) is 1. The molecule has 3 rings (SSSR count). The quantitative estimate of drug-likeness (QED) is 0.885. The van der Waals surface area contributed by atoms with Gasteiger partial charge in [0.15, 0.2) is 5.72 Å². The average Bonchev–Trinajstić information content (AvgIpc) is 2.95. The molecule has 4 nitrogen and oxygen atoms in total. The van der Waals surface area contributed by atoms with Gasteiger partial charge in [0.25, 0.3) is 0 Å². The summed E-state index contributed by atoms with van der Waals surface area (Å²) in [6.45, 7) is 2.44. The normalized spacial score (nSPS) is 24.0. The minimum Gasteiger partial charge on any atom is -0.352 e. The van der Waals surface area contributed by atoms with Gasteiger partial charge < -0.3 is 14.6 Å². The molecular weight excluding hydrogens is 226 g/mol. The number of imidazole rings is 1. The molecule has 0 radical (unpaired) electrons. The SMILES string of the molecule is c1ccc(CC2(n3ccnc3)CNCCO2)cc1. The van der Waals surface area contributed by atoms with E-state index < -0.39 is 0 Å². The molecule has 0 amide bonds. The second-order valence-corrected chi connectivity index (χ2v) is 4.60. The Balaban J connectivity index is 1.91. The van der Waals surface area contributed by atoms with Crippen LogP contribution in [0, 0.1) is 0 Å². The first kappa shape index (κ1) is 11.4. The van der Waals surface area contributed by atoms with Crippen LogP contribution in [0.5, 0.6) is 0 Å². The molecule has 2 heterocycles. The van der Waals surface area contributed by atoms with Gasteiger partial charge in [-0.3, -0.25) is 0 Å². The highest BCUT2D eigenvalue weighted by Gasteiger charge is 2.35. The van der Waals surface area contributed by atoms with Crippen LogP contribution in [-0.4, -0.2) is 29.2 Å². The molecule has 94 valence electrons. The van der Waals surface area contributed by atoms with E-state index in [2.05, 4.69) is 39.1 Å². The molecule has 1 fully saturated rings. The van der Waals surface area contributed by atoms with Gasteiger partial charge in [-0.05, 0) is 5.56 Å². The number of rotatable bonds is 3. The zero-order chi connectivity index (χ0) is 12.3. The van der Waals surface area contributed by atoms with Gasteiger partial charge in [0.2, 0.25) is 0 Å². The average molecular weight is 243 g/mol. The van der Waals surface area contributed by atoms with Crippen molar-refractivity contribution in [2.45, 2.75) is 12.1 Å². The molecular formula is C14H17N3O. The number of benzene rings is 1. The Morgan fingerprint density at radius 2 is 2.22 bits per heavy atom. The highest BCUT2D eigenvalue weighted by molar-refractivity contribution is 5.17. The Labute approximate surface area is 107 Å². The second kappa shape index (κ2) is 4.92. The Kier molecular flexibility index (Phi) is 3.13. The Hall–Kier alpha value is -1.65. The van der Waals surface area contributed by atoms with Crippen LogP contribution >= 0.6 is 0 Å². The van der Waals surface area contributed by atoms with E-state index in [4.69, 9.17) is 4.74 Å². The predicted octanol–water partition coefficient (Wildman–Crippen LogP) is 1.40. The number of hydrogen-bond acceptors (Lipinski definition) is 3. The van der Waals surface area contributed by atoms with Gasteiger partial charge in [-0.15, -0.1) is 0 Å². The molecule has 1 saturated heterocycles. The van der Waals surface area contributed by atoms with E-state index >= 15 is 0 Å². The summed E-state index contributed by atoms with van der Waals surface area (Å²) in [6.07, 6.45) is 6.44. The highest BCUT2D eigenvalue weighted by Crippen LogP contribution is 2.25. The van der Waals surface area contributed by atoms with Crippen LogP contribution in [0.2, 0.25) is 0 Å². The third-order valence-electron chi connectivity index (χ3n) is 3.35. The van der Waals surface area contributed by atoms with Crippen LogP contribution in [0.4, 0.5) is 0 Å². The molecule has 2 aromatic rings. The first-order valence-electron chi connectivity index (χ1n) is 6.26. The minimum atomic E-state index is -0.351. The largest absolute Gasteiger partial charge is 0.352 e. The number of nitrogens with one attached hydrogen (secondary N) is 1. The molecule has 0 spiro atoms. The maximum absolute atomic E-state index is 6.07. The first-order valence-corrected chi connectivity index (χ1v) is 6.26. The van der Waals surface area contributed by atoms with Gasteiger partial charge in [0.1, 0.15) is 0 Å². The van der Waals surface area contributed by atoms with Crippen molar-refractivity contribution in [1.29, 1.82) is 0 Å². The highest BCUT2D eigenvalue weighted by atomic mass is 16.5. The van der Waals surface area contributed by atoms with E-state index in [-0.39, 0.29) is 5.72 Å². The predicted molar refractivity (Wildman–Crippen MR) is 69.2 cm³/mol. The molecule has 1 aliphatic heterocycles. The zero-order valence-electron chi connectivity index (χ0n) is 10.2. The zero-order valence-corrected chi connectivity index (χ0v) is 10.2. The van der Waals surface area contributed by atoms with Crippen molar-refractivity contribution in [3.63, 3.8) is 0 Å². The first-order chi connectivity index (χ1) is 8.89. The summed E-state index contributed by atoms with van der Waals surface area (Å²) in [5.74, 6) is 0. The van der Waals surface area contributed by atoms with Crippen LogP contribution in [0.1, 0.15) is 5.56 Å². The summed E-state index contributed by atoms with van der Waals surface area (Å²) < 4.78 is 8.14. The van der Waals surface area contributed by atoms with Crippen molar-refractivity contribution < 1.29 is 4.74 Å². The summed E-state index contributed by atoms with van der Waals surface area (Å²) in [5, 5.41) is 3.41. The van der Waals surface area contributed by atoms with Gasteiger partial charge in [0, 0.05) is 31.9 Å². The number of hydrogen-bond donors (Lipinski definition) is 1. The van der Waals surface area contributed by atoms with Crippen LogP contribution < -0.4 is 5.32 Å². The molecule has 1 aromatic heterocycles. The molecule has 0 aliphatic carbocycles. The van der Waals surface area contributed by atoms with Crippen molar-refractivity contribution in [2.24, 2.45) is 0 Å². The van der Waals surface area contributed by atoms with E-state index in [0.29, 0.717) is 0 Å².